The molecule has 0 atom stereocenters. The number of rotatable bonds is 1. The van der Waals surface area contributed by atoms with Gasteiger partial charge in [0.05, 0.1) is 11.9 Å². The van der Waals surface area contributed by atoms with Gasteiger partial charge in [-0.25, -0.2) is 0 Å². The number of hydrogen-bond donors (Lipinski definition) is 0. The van der Waals surface area contributed by atoms with E-state index in [1.54, 1.807) is 0 Å². The van der Waals surface area contributed by atoms with Gasteiger partial charge >= 0.3 is 0 Å². The second-order valence-electron chi connectivity index (χ2n) is 4.55. The summed E-state index contributed by atoms with van der Waals surface area (Å²) in [4.78, 5) is 8.66. The Morgan fingerprint density at radius 2 is 2.07 bits per heavy atom. The number of aromatic nitrogens is 1. The third kappa shape index (κ3) is 1.12. The van der Waals surface area contributed by atoms with Crippen LogP contribution in [-0.4, -0.2) is 36.1 Å². The van der Waals surface area contributed by atoms with Crippen molar-refractivity contribution in [1.82, 2.24) is 9.88 Å². The van der Waals surface area contributed by atoms with Crippen molar-refractivity contribution in [1.29, 1.82) is 0 Å². The van der Waals surface area contributed by atoms with Crippen LogP contribution in [-0.2, 0) is 0 Å². The molecule has 2 saturated heterocycles. The van der Waals surface area contributed by atoms with Gasteiger partial charge in [0, 0.05) is 24.7 Å². The van der Waals surface area contributed by atoms with E-state index in [2.05, 4.69) is 27.9 Å². The molecule has 0 unspecified atom stereocenters. The maximum Gasteiger partial charge on any atom is 0.0553 e. The van der Waals surface area contributed by atoms with E-state index in [0.29, 0.717) is 5.41 Å². The summed E-state index contributed by atoms with van der Waals surface area (Å²) in [7, 11) is 3.92. The van der Waals surface area contributed by atoms with Crippen LogP contribution >= 0.6 is 0 Å². The van der Waals surface area contributed by atoms with E-state index in [-0.39, 0.29) is 0 Å². The highest BCUT2D eigenvalue weighted by Crippen LogP contribution is 2.40. The second kappa shape index (κ2) is 2.70. The van der Waals surface area contributed by atoms with Gasteiger partial charge in [-0.3, -0.25) is 12.0 Å². The number of likely N-dealkylation sites (tertiary alicyclic amines) is 1. The molecule has 1 aromatic heterocycles. The quantitative estimate of drug-likeness (QED) is 0.613. The molecular formula is C11H14N3-. The van der Waals surface area contributed by atoms with Crippen LogP contribution in [0.3, 0.4) is 0 Å². The van der Waals surface area contributed by atoms with E-state index < -0.39 is 0 Å². The van der Waals surface area contributed by atoms with Crippen molar-refractivity contribution in [2.75, 3.05) is 31.1 Å². The van der Waals surface area contributed by atoms with Crippen molar-refractivity contribution in [3.05, 3.63) is 31.6 Å². The van der Waals surface area contributed by atoms with Crippen molar-refractivity contribution < 1.29 is 0 Å². The summed E-state index contributed by atoms with van der Waals surface area (Å²) in [6.45, 7) is 4.66. The molecule has 1 spiro atoms. The molecule has 2 fully saturated rings. The second-order valence-corrected chi connectivity index (χ2v) is 4.55. The van der Waals surface area contributed by atoms with Crippen LogP contribution in [0.5, 0.6) is 0 Å². The van der Waals surface area contributed by atoms with Gasteiger partial charge in [0.25, 0.3) is 0 Å². The normalized spacial score (nSPS) is 24.5. The molecule has 3 rings (SSSR count). The van der Waals surface area contributed by atoms with Gasteiger partial charge in [-0.1, -0.05) is 0 Å². The van der Waals surface area contributed by atoms with Crippen molar-refractivity contribution in [3.63, 3.8) is 0 Å². The predicted octanol–water partition coefficient (Wildman–Crippen LogP) is 0.995. The molecule has 0 amide bonds. The van der Waals surface area contributed by atoms with Crippen LogP contribution in [0.1, 0.15) is 0 Å². The van der Waals surface area contributed by atoms with Crippen LogP contribution in [0.4, 0.5) is 5.69 Å². The van der Waals surface area contributed by atoms with Gasteiger partial charge in [-0.15, -0.1) is 0 Å². The van der Waals surface area contributed by atoms with Gasteiger partial charge in [0.15, 0.2) is 0 Å². The number of pyridine rings is 1. The van der Waals surface area contributed by atoms with E-state index in [1.165, 1.54) is 18.8 Å². The van der Waals surface area contributed by atoms with Crippen molar-refractivity contribution in [2.24, 2.45) is 5.41 Å². The first kappa shape index (κ1) is 8.24. The summed E-state index contributed by atoms with van der Waals surface area (Å²) in [6, 6.07) is 4.12. The zero-order valence-corrected chi connectivity index (χ0v) is 8.19. The van der Waals surface area contributed by atoms with Crippen molar-refractivity contribution in [3.8, 4) is 0 Å². The van der Waals surface area contributed by atoms with Gasteiger partial charge in [0.1, 0.15) is 0 Å². The smallest absolute Gasteiger partial charge is 0.0553 e. The topological polar surface area (TPSA) is 19.4 Å². The highest BCUT2D eigenvalue weighted by Gasteiger charge is 2.48. The van der Waals surface area contributed by atoms with Gasteiger partial charge in [-0.2, -0.15) is 0 Å². The van der Waals surface area contributed by atoms with Gasteiger partial charge in [0.2, 0.25) is 0 Å². The molecule has 0 aromatic carbocycles. The molecule has 0 aliphatic carbocycles. The zero-order chi connectivity index (χ0) is 9.60. The average Bonchev–Trinajstić information content (AvgIpc) is 2.10. The molecular weight excluding hydrogens is 174 g/mol. The number of anilines is 1. The lowest BCUT2D eigenvalue weighted by Crippen LogP contribution is -2.70. The summed E-state index contributed by atoms with van der Waals surface area (Å²) in [5, 5.41) is 0. The monoisotopic (exact) mass is 188 g/mol. The largest absolute Gasteiger partial charge is 0.458 e. The minimum atomic E-state index is 0.553. The predicted molar refractivity (Wildman–Crippen MR) is 55.8 cm³/mol. The molecule has 1 aromatic rings. The molecule has 3 heterocycles. The van der Waals surface area contributed by atoms with Crippen LogP contribution in [0, 0.1) is 12.5 Å². The summed E-state index contributed by atoms with van der Waals surface area (Å²) in [5.74, 6) is 0. The SMILES string of the molecule is [CH2-]N1CC2(C1)CN(c1cccnc1)C2. The molecule has 14 heavy (non-hydrogen) atoms. The summed E-state index contributed by atoms with van der Waals surface area (Å²) in [5.41, 5.74) is 1.80. The fourth-order valence-corrected chi connectivity index (χ4v) is 2.59. The Bertz CT molecular complexity index is 322. The fraction of sp³-hybridized carbons (Fsp3) is 0.455. The molecule has 2 aliphatic rings. The molecule has 3 heteroatoms. The molecule has 0 saturated carbocycles. The molecule has 0 bridgehead atoms. The van der Waals surface area contributed by atoms with Crippen molar-refractivity contribution in [2.45, 2.75) is 0 Å². The first-order chi connectivity index (χ1) is 6.77. The third-order valence-electron chi connectivity index (χ3n) is 3.18. The summed E-state index contributed by atoms with van der Waals surface area (Å²) >= 11 is 0. The van der Waals surface area contributed by atoms with E-state index in [0.717, 1.165) is 13.1 Å². The number of hydrogen-bond acceptors (Lipinski definition) is 3. The van der Waals surface area contributed by atoms with E-state index in [1.807, 2.05) is 18.5 Å². The maximum atomic E-state index is 4.13. The van der Waals surface area contributed by atoms with Gasteiger partial charge < -0.3 is 9.80 Å². The minimum absolute atomic E-state index is 0.553. The van der Waals surface area contributed by atoms with Crippen LogP contribution in [0.25, 0.3) is 0 Å². The zero-order valence-electron chi connectivity index (χ0n) is 8.19. The molecule has 0 radical (unpaired) electrons. The first-order valence-electron chi connectivity index (χ1n) is 4.98. The first-order valence-corrected chi connectivity index (χ1v) is 4.98. The van der Waals surface area contributed by atoms with E-state index in [9.17, 15) is 0 Å². The summed E-state index contributed by atoms with van der Waals surface area (Å²) in [6.07, 6.45) is 3.76. The Balaban J connectivity index is 1.65. The Kier molecular flexibility index (Phi) is 1.59. The highest BCUT2D eigenvalue weighted by atomic mass is 15.3. The number of nitrogens with zero attached hydrogens (tertiary/aromatic N) is 3. The molecule has 0 N–H and O–H groups in total. The average molecular weight is 188 g/mol. The molecule has 3 nitrogen and oxygen atoms in total. The lowest BCUT2D eigenvalue weighted by Gasteiger charge is -2.63. The lowest BCUT2D eigenvalue weighted by atomic mass is 9.73. The van der Waals surface area contributed by atoms with Crippen molar-refractivity contribution >= 4 is 5.69 Å². The standard InChI is InChI=1S/C11H14N3/c1-13-6-11(7-13)8-14(9-11)10-3-2-4-12-5-10/h2-5H,1,6-9H2/q-1. The summed E-state index contributed by atoms with van der Waals surface area (Å²) < 4.78 is 0. The Hall–Kier alpha value is -1.09. The minimum Gasteiger partial charge on any atom is -0.458 e. The third-order valence-corrected chi connectivity index (χ3v) is 3.18. The lowest BCUT2D eigenvalue weighted by molar-refractivity contribution is 0.0108. The maximum absolute atomic E-state index is 4.13. The Labute approximate surface area is 84.3 Å². The van der Waals surface area contributed by atoms with E-state index >= 15 is 0 Å². The van der Waals surface area contributed by atoms with Crippen LogP contribution in [0.2, 0.25) is 0 Å². The molecule has 74 valence electrons. The van der Waals surface area contributed by atoms with E-state index in [4.69, 9.17) is 0 Å². The van der Waals surface area contributed by atoms with Gasteiger partial charge in [-0.05, 0) is 25.2 Å². The molecule has 2 aliphatic heterocycles. The fourth-order valence-electron chi connectivity index (χ4n) is 2.59. The Morgan fingerprint density at radius 1 is 1.29 bits per heavy atom. The van der Waals surface area contributed by atoms with Crippen LogP contribution < -0.4 is 4.90 Å². The highest BCUT2D eigenvalue weighted by molar-refractivity contribution is 5.48. The van der Waals surface area contributed by atoms with Crippen LogP contribution in [0.15, 0.2) is 24.5 Å². The Morgan fingerprint density at radius 3 is 2.64 bits per heavy atom.